The summed E-state index contributed by atoms with van der Waals surface area (Å²) in [6, 6.07) is 9.26. The fraction of sp³-hybridized carbons (Fsp3) is 0.211. The molecule has 0 atom stereocenters. The van der Waals surface area contributed by atoms with Gasteiger partial charge in [0.15, 0.2) is 5.11 Å². The Bertz CT molecular complexity index is 919. The minimum atomic E-state index is -1.24. The lowest BCUT2D eigenvalue weighted by Gasteiger charge is -2.14. The molecule has 9 heteroatoms. The number of amides is 1. The highest BCUT2D eigenvalue weighted by atomic mass is 35.5. The van der Waals surface area contributed by atoms with Gasteiger partial charge in [0.05, 0.1) is 22.9 Å². The molecule has 0 aromatic heterocycles. The molecule has 0 saturated heterocycles. The Labute approximate surface area is 177 Å². The molecule has 2 aromatic carbocycles. The number of halogens is 2. The summed E-state index contributed by atoms with van der Waals surface area (Å²) in [5, 5.41) is 14.6. The quantitative estimate of drug-likeness (QED) is 0.556. The second-order valence-corrected chi connectivity index (χ2v) is 7.51. The number of carbonyl (C=O) groups excluding carboxylic acids is 1. The minimum Gasteiger partial charge on any atom is -0.493 e. The van der Waals surface area contributed by atoms with Crippen molar-refractivity contribution in [3.05, 3.63) is 57.6 Å². The molecule has 6 nitrogen and oxygen atoms in total. The second-order valence-electron chi connectivity index (χ2n) is 6.26. The Morgan fingerprint density at radius 1 is 1.21 bits per heavy atom. The van der Waals surface area contributed by atoms with Crippen molar-refractivity contribution in [3.63, 3.8) is 0 Å². The minimum absolute atomic E-state index is 0.0397. The number of nitrogens with one attached hydrogen (secondary N) is 2. The van der Waals surface area contributed by atoms with Crippen molar-refractivity contribution >= 4 is 58.1 Å². The van der Waals surface area contributed by atoms with Crippen LogP contribution in [0, 0.1) is 5.92 Å². The predicted octanol–water partition coefficient (Wildman–Crippen LogP) is 4.85. The molecular formula is C19H18Cl2N2O4S. The summed E-state index contributed by atoms with van der Waals surface area (Å²) in [6.45, 7) is 4.57. The number of aromatic carboxylic acids is 1. The molecular weight excluding hydrogens is 423 g/mol. The summed E-state index contributed by atoms with van der Waals surface area (Å²) in [6.07, 6.45) is 0. The van der Waals surface area contributed by atoms with Crippen LogP contribution in [-0.4, -0.2) is 28.7 Å². The molecule has 0 spiro atoms. The largest absolute Gasteiger partial charge is 0.493 e. The topological polar surface area (TPSA) is 87.7 Å². The van der Waals surface area contributed by atoms with Crippen LogP contribution in [0.15, 0.2) is 36.4 Å². The molecule has 28 heavy (non-hydrogen) atoms. The van der Waals surface area contributed by atoms with Crippen molar-refractivity contribution < 1.29 is 19.4 Å². The molecule has 1 amide bonds. The molecule has 0 unspecified atom stereocenters. The lowest BCUT2D eigenvalue weighted by molar-refractivity contribution is 0.0697. The average Bonchev–Trinajstić information content (AvgIpc) is 2.62. The van der Waals surface area contributed by atoms with Gasteiger partial charge in [0.1, 0.15) is 5.75 Å². The van der Waals surface area contributed by atoms with E-state index in [0.29, 0.717) is 23.8 Å². The monoisotopic (exact) mass is 440 g/mol. The summed E-state index contributed by atoms with van der Waals surface area (Å²) in [5.74, 6) is -0.804. The molecule has 0 radical (unpaired) electrons. The highest BCUT2D eigenvalue weighted by Gasteiger charge is 2.17. The zero-order valence-corrected chi connectivity index (χ0v) is 17.4. The third kappa shape index (κ3) is 6.09. The van der Waals surface area contributed by atoms with Gasteiger partial charge in [-0.05, 0) is 48.5 Å². The van der Waals surface area contributed by atoms with Crippen molar-refractivity contribution in [2.24, 2.45) is 5.92 Å². The van der Waals surface area contributed by atoms with Gasteiger partial charge < -0.3 is 15.2 Å². The van der Waals surface area contributed by atoms with Gasteiger partial charge in [-0.15, -0.1) is 0 Å². The van der Waals surface area contributed by atoms with Gasteiger partial charge in [0.2, 0.25) is 0 Å². The first kappa shape index (κ1) is 21.9. The maximum atomic E-state index is 12.4. The van der Waals surface area contributed by atoms with Crippen LogP contribution in [0.2, 0.25) is 10.0 Å². The highest BCUT2D eigenvalue weighted by molar-refractivity contribution is 7.80. The summed E-state index contributed by atoms with van der Waals surface area (Å²) >= 11 is 17.0. The summed E-state index contributed by atoms with van der Waals surface area (Å²) in [5.41, 5.74) is 0.210. The van der Waals surface area contributed by atoms with Crippen LogP contribution in [0.5, 0.6) is 5.75 Å². The van der Waals surface area contributed by atoms with Crippen LogP contribution in [0.4, 0.5) is 5.69 Å². The number of rotatable bonds is 6. The molecule has 0 fully saturated rings. The molecule has 2 rings (SSSR count). The van der Waals surface area contributed by atoms with Crippen LogP contribution in [-0.2, 0) is 0 Å². The maximum absolute atomic E-state index is 12.4. The average molecular weight is 441 g/mol. The highest BCUT2D eigenvalue weighted by Crippen LogP contribution is 2.30. The van der Waals surface area contributed by atoms with Crippen molar-refractivity contribution in [1.29, 1.82) is 0 Å². The van der Waals surface area contributed by atoms with E-state index >= 15 is 0 Å². The predicted molar refractivity (Wildman–Crippen MR) is 114 cm³/mol. The summed E-state index contributed by atoms with van der Waals surface area (Å²) < 4.78 is 5.60. The first-order valence-corrected chi connectivity index (χ1v) is 9.41. The van der Waals surface area contributed by atoms with Gasteiger partial charge in [0, 0.05) is 10.6 Å². The standard InChI is InChI=1S/C19H18Cl2N2O4S/c1-10(2)9-27-13-5-3-4-11(6-13)17(24)23-19(28)22-16-14(18(25)26)7-12(20)8-15(16)21/h3-8,10H,9H2,1-2H3,(H,25,26)(H2,22,23,24,28). The third-order valence-corrected chi connectivity index (χ3v) is 4.15. The van der Waals surface area contributed by atoms with E-state index in [4.69, 9.17) is 40.2 Å². The first-order valence-electron chi connectivity index (χ1n) is 8.25. The Morgan fingerprint density at radius 3 is 2.57 bits per heavy atom. The zero-order valence-electron chi connectivity index (χ0n) is 15.1. The first-order chi connectivity index (χ1) is 13.2. The number of hydrogen-bond donors (Lipinski definition) is 3. The number of carbonyl (C=O) groups is 2. The maximum Gasteiger partial charge on any atom is 0.337 e. The third-order valence-electron chi connectivity index (χ3n) is 3.43. The van der Waals surface area contributed by atoms with Gasteiger partial charge in [-0.2, -0.15) is 0 Å². The van der Waals surface area contributed by atoms with Crippen molar-refractivity contribution in [2.45, 2.75) is 13.8 Å². The normalized spacial score (nSPS) is 10.5. The van der Waals surface area contributed by atoms with E-state index in [0.717, 1.165) is 0 Å². The Kier molecular flexibility index (Phi) is 7.62. The Balaban J connectivity index is 2.11. The molecule has 0 aliphatic heterocycles. The van der Waals surface area contributed by atoms with Crippen LogP contribution in [0.1, 0.15) is 34.6 Å². The van der Waals surface area contributed by atoms with Crippen LogP contribution in [0.3, 0.4) is 0 Å². The fourth-order valence-corrected chi connectivity index (χ4v) is 2.91. The van der Waals surface area contributed by atoms with Crippen LogP contribution >= 0.6 is 35.4 Å². The smallest absolute Gasteiger partial charge is 0.337 e. The molecule has 0 bridgehead atoms. The van der Waals surface area contributed by atoms with E-state index in [-0.39, 0.29) is 26.4 Å². The fourth-order valence-electron chi connectivity index (χ4n) is 2.18. The lowest BCUT2D eigenvalue weighted by atomic mass is 10.2. The second kappa shape index (κ2) is 9.73. The van der Waals surface area contributed by atoms with Gasteiger partial charge in [-0.1, -0.05) is 43.1 Å². The van der Waals surface area contributed by atoms with Gasteiger partial charge in [-0.25, -0.2) is 4.79 Å². The number of thiocarbonyl (C=S) groups is 1. The van der Waals surface area contributed by atoms with Crippen molar-refractivity contribution in [3.8, 4) is 5.75 Å². The molecule has 3 N–H and O–H groups in total. The van der Waals surface area contributed by atoms with Crippen LogP contribution in [0.25, 0.3) is 0 Å². The van der Waals surface area contributed by atoms with Crippen molar-refractivity contribution in [2.75, 3.05) is 11.9 Å². The molecule has 148 valence electrons. The molecule has 0 heterocycles. The Hall–Kier alpha value is -2.35. The number of anilines is 1. The summed E-state index contributed by atoms with van der Waals surface area (Å²) in [7, 11) is 0. The number of ether oxygens (including phenoxy) is 1. The van der Waals surface area contributed by atoms with Gasteiger partial charge >= 0.3 is 5.97 Å². The van der Waals surface area contributed by atoms with E-state index in [1.54, 1.807) is 24.3 Å². The number of hydrogen-bond acceptors (Lipinski definition) is 4. The number of benzene rings is 2. The number of carboxylic acid groups (broad SMARTS) is 1. The van der Waals surface area contributed by atoms with Gasteiger partial charge in [-0.3, -0.25) is 10.1 Å². The van der Waals surface area contributed by atoms with E-state index in [2.05, 4.69) is 10.6 Å². The van der Waals surface area contributed by atoms with E-state index in [9.17, 15) is 14.7 Å². The zero-order chi connectivity index (χ0) is 20.8. The molecule has 2 aromatic rings. The molecule has 0 aliphatic rings. The molecule has 0 aliphatic carbocycles. The van der Waals surface area contributed by atoms with E-state index < -0.39 is 11.9 Å². The molecule has 0 saturated carbocycles. The summed E-state index contributed by atoms with van der Waals surface area (Å²) in [4.78, 5) is 23.8. The lowest BCUT2D eigenvalue weighted by Crippen LogP contribution is -2.34. The van der Waals surface area contributed by atoms with E-state index in [1.165, 1.54) is 12.1 Å². The van der Waals surface area contributed by atoms with Crippen molar-refractivity contribution in [1.82, 2.24) is 5.32 Å². The number of carboxylic acids is 1. The SMILES string of the molecule is CC(C)COc1cccc(C(=O)NC(=S)Nc2c(Cl)cc(Cl)cc2C(=O)O)c1. The van der Waals surface area contributed by atoms with Gasteiger partial charge in [0.25, 0.3) is 5.91 Å². The Morgan fingerprint density at radius 2 is 1.93 bits per heavy atom. The van der Waals surface area contributed by atoms with Crippen LogP contribution < -0.4 is 15.4 Å². The van der Waals surface area contributed by atoms with E-state index in [1.807, 2.05) is 13.8 Å².